The first-order valence-corrected chi connectivity index (χ1v) is 6.59. The van der Waals surface area contributed by atoms with Gasteiger partial charge in [0.25, 0.3) is 0 Å². The number of carbonyl (C=O) groups is 1. The first-order chi connectivity index (χ1) is 8.27. The molecule has 0 bridgehead atoms. The summed E-state index contributed by atoms with van der Waals surface area (Å²) in [6.07, 6.45) is 3.56. The van der Waals surface area contributed by atoms with Crippen LogP contribution in [-0.2, 0) is 11.2 Å². The highest BCUT2D eigenvalue weighted by molar-refractivity contribution is 5.76. The number of hydrogen-bond acceptors (Lipinski definition) is 1. The second-order valence-electron chi connectivity index (χ2n) is 4.37. The van der Waals surface area contributed by atoms with E-state index < -0.39 is 0 Å². The molecule has 0 saturated heterocycles. The fourth-order valence-corrected chi connectivity index (χ4v) is 1.96. The van der Waals surface area contributed by atoms with Crippen molar-refractivity contribution in [1.29, 1.82) is 0 Å². The second kappa shape index (κ2) is 7.88. The van der Waals surface area contributed by atoms with Gasteiger partial charge in [-0.1, -0.05) is 44.2 Å². The lowest BCUT2D eigenvalue weighted by molar-refractivity contribution is -0.131. The minimum absolute atomic E-state index is 0.289. The van der Waals surface area contributed by atoms with Crippen LogP contribution in [0.1, 0.15) is 38.7 Å². The smallest absolute Gasteiger partial charge is 0.222 e. The van der Waals surface area contributed by atoms with Gasteiger partial charge in [0.05, 0.1) is 0 Å². The van der Waals surface area contributed by atoms with Crippen LogP contribution in [0.5, 0.6) is 0 Å². The van der Waals surface area contributed by atoms with E-state index in [0.29, 0.717) is 6.42 Å². The summed E-state index contributed by atoms with van der Waals surface area (Å²) in [4.78, 5) is 14.0. The number of benzene rings is 1. The van der Waals surface area contributed by atoms with Crippen molar-refractivity contribution in [2.45, 2.75) is 39.5 Å². The highest BCUT2D eigenvalue weighted by Gasteiger charge is 2.11. The topological polar surface area (TPSA) is 20.3 Å². The molecule has 1 aromatic rings. The summed E-state index contributed by atoms with van der Waals surface area (Å²) in [6, 6.07) is 10.2. The van der Waals surface area contributed by atoms with Gasteiger partial charge in [-0.25, -0.2) is 0 Å². The first kappa shape index (κ1) is 13.8. The minimum Gasteiger partial charge on any atom is -0.343 e. The van der Waals surface area contributed by atoms with Crippen LogP contribution in [0.4, 0.5) is 0 Å². The van der Waals surface area contributed by atoms with Crippen LogP contribution in [0, 0.1) is 0 Å². The summed E-state index contributed by atoms with van der Waals surface area (Å²) in [6.45, 7) is 6.02. The van der Waals surface area contributed by atoms with E-state index in [1.54, 1.807) is 0 Å². The average molecular weight is 233 g/mol. The highest BCUT2D eigenvalue weighted by Crippen LogP contribution is 2.05. The summed E-state index contributed by atoms with van der Waals surface area (Å²) in [5.41, 5.74) is 1.24. The molecule has 94 valence electrons. The molecule has 2 nitrogen and oxygen atoms in total. The molecule has 1 aromatic carbocycles. The van der Waals surface area contributed by atoms with E-state index in [-0.39, 0.29) is 5.91 Å². The Morgan fingerprint density at radius 1 is 1.06 bits per heavy atom. The molecule has 0 radical (unpaired) electrons. The Balaban J connectivity index is 2.41. The number of hydrogen-bond donors (Lipinski definition) is 0. The Kier molecular flexibility index (Phi) is 6.38. The zero-order chi connectivity index (χ0) is 12.5. The zero-order valence-corrected chi connectivity index (χ0v) is 11.0. The van der Waals surface area contributed by atoms with Gasteiger partial charge in [0.2, 0.25) is 5.91 Å². The molecule has 1 amide bonds. The molecule has 2 heteroatoms. The first-order valence-electron chi connectivity index (χ1n) is 6.59. The summed E-state index contributed by atoms with van der Waals surface area (Å²) in [5, 5.41) is 0. The third kappa shape index (κ3) is 5.03. The van der Waals surface area contributed by atoms with Gasteiger partial charge in [0.15, 0.2) is 0 Å². The maximum absolute atomic E-state index is 12.0. The minimum atomic E-state index is 0.289. The summed E-state index contributed by atoms with van der Waals surface area (Å²) in [5.74, 6) is 0.289. The fourth-order valence-electron chi connectivity index (χ4n) is 1.96. The normalized spacial score (nSPS) is 10.2. The maximum Gasteiger partial charge on any atom is 0.222 e. The van der Waals surface area contributed by atoms with Crippen LogP contribution in [0.25, 0.3) is 0 Å². The number of nitrogens with zero attached hydrogens (tertiary/aromatic N) is 1. The molecule has 0 N–H and O–H groups in total. The van der Waals surface area contributed by atoms with Gasteiger partial charge in [0.1, 0.15) is 0 Å². The molecule has 0 aliphatic heterocycles. The van der Waals surface area contributed by atoms with Gasteiger partial charge in [-0.05, 0) is 24.8 Å². The number of aryl methyl sites for hydroxylation is 1. The van der Waals surface area contributed by atoms with E-state index >= 15 is 0 Å². The second-order valence-corrected chi connectivity index (χ2v) is 4.37. The van der Waals surface area contributed by atoms with Crippen LogP contribution in [-0.4, -0.2) is 23.9 Å². The van der Waals surface area contributed by atoms with E-state index in [4.69, 9.17) is 0 Å². The molecule has 0 unspecified atom stereocenters. The summed E-state index contributed by atoms with van der Waals surface area (Å²) >= 11 is 0. The van der Waals surface area contributed by atoms with Crippen molar-refractivity contribution in [2.24, 2.45) is 0 Å². The van der Waals surface area contributed by atoms with Crippen molar-refractivity contribution in [3.8, 4) is 0 Å². The summed E-state index contributed by atoms with van der Waals surface area (Å²) in [7, 11) is 0. The molecule has 17 heavy (non-hydrogen) atoms. The van der Waals surface area contributed by atoms with Gasteiger partial charge in [0, 0.05) is 19.5 Å². The lowest BCUT2D eigenvalue weighted by Gasteiger charge is -2.21. The average Bonchev–Trinajstić information content (AvgIpc) is 2.37. The molecule has 0 saturated carbocycles. The Labute approximate surface area is 105 Å². The van der Waals surface area contributed by atoms with Crippen LogP contribution < -0.4 is 0 Å². The van der Waals surface area contributed by atoms with Crippen molar-refractivity contribution < 1.29 is 4.79 Å². The molecule has 0 heterocycles. The molecule has 0 fully saturated rings. The van der Waals surface area contributed by atoms with E-state index in [9.17, 15) is 4.79 Å². The molecule has 0 aliphatic carbocycles. The predicted molar refractivity (Wildman–Crippen MR) is 71.9 cm³/mol. The van der Waals surface area contributed by atoms with Gasteiger partial charge < -0.3 is 4.90 Å². The molecular weight excluding hydrogens is 210 g/mol. The van der Waals surface area contributed by atoms with E-state index in [1.807, 2.05) is 23.1 Å². The Bertz CT molecular complexity index is 315. The van der Waals surface area contributed by atoms with Crippen molar-refractivity contribution >= 4 is 5.91 Å². The standard InChI is InChI=1S/C15H23NO/c1-3-12-16(13-4-2)15(17)11-10-14-8-6-5-7-9-14/h5-9H,3-4,10-13H2,1-2H3. The van der Waals surface area contributed by atoms with Crippen LogP contribution >= 0.6 is 0 Å². The Morgan fingerprint density at radius 2 is 1.65 bits per heavy atom. The zero-order valence-electron chi connectivity index (χ0n) is 11.0. The van der Waals surface area contributed by atoms with E-state index in [1.165, 1.54) is 5.56 Å². The predicted octanol–water partition coefficient (Wildman–Crippen LogP) is 3.27. The van der Waals surface area contributed by atoms with E-state index in [2.05, 4.69) is 26.0 Å². The SMILES string of the molecule is CCCN(CCC)C(=O)CCc1ccccc1. The quantitative estimate of drug-likeness (QED) is 0.708. The van der Waals surface area contributed by atoms with Crippen molar-refractivity contribution in [3.63, 3.8) is 0 Å². The van der Waals surface area contributed by atoms with Gasteiger partial charge in [-0.3, -0.25) is 4.79 Å². The highest BCUT2D eigenvalue weighted by atomic mass is 16.2. The number of carbonyl (C=O) groups excluding carboxylic acids is 1. The molecule has 0 spiro atoms. The number of amides is 1. The van der Waals surface area contributed by atoms with Gasteiger partial charge in [-0.2, -0.15) is 0 Å². The monoisotopic (exact) mass is 233 g/mol. The fraction of sp³-hybridized carbons (Fsp3) is 0.533. The molecule has 0 aliphatic rings. The van der Waals surface area contributed by atoms with Crippen LogP contribution in [0.3, 0.4) is 0 Å². The van der Waals surface area contributed by atoms with Crippen LogP contribution in [0.15, 0.2) is 30.3 Å². The lowest BCUT2D eigenvalue weighted by Crippen LogP contribution is -2.32. The maximum atomic E-state index is 12.0. The molecule has 0 aromatic heterocycles. The third-order valence-electron chi connectivity index (χ3n) is 2.81. The molecule has 0 atom stereocenters. The van der Waals surface area contributed by atoms with Crippen LogP contribution in [0.2, 0.25) is 0 Å². The third-order valence-corrected chi connectivity index (χ3v) is 2.81. The van der Waals surface area contributed by atoms with Gasteiger partial charge in [-0.15, -0.1) is 0 Å². The number of rotatable bonds is 7. The molecular formula is C15H23NO. The van der Waals surface area contributed by atoms with Gasteiger partial charge >= 0.3 is 0 Å². The lowest BCUT2D eigenvalue weighted by atomic mass is 10.1. The largest absolute Gasteiger partial charge is 0.343 e. The van der Waals surface area contributed by atoms with Crippen molar-refractivity contribution in [3.05, 3.63) is 35.9 Å². The Morgan fingerprint density at radius 3 is 2.18 bits per heavy atom. The summed E-state index contributed by atoms with van der Waals surface area (Å²) < 4.78 is 0. The van der Waals surface area contributed by atoms with Crippen molar-refractivity contribution in [1.82, 2.24) is 4.90 Å². The Hall–Kier alpha value is -1.31. The van der Waals surface area contributed by atoms with Crippen molar-refractivity contribution in [2.75, 3.05) is 13.1 Å². The molecule has 1 rings (SSSR count). The van der Waals surface area contributed by atoms with E-state index in [0.717, 1.165) is 32.4 Å².